The number of aliphatic carboxylic acids is 1. The molecule has 0 aromatic carbocycles. The Morgan fingerprint density at radius 1 is 1.40 bits per heavy atom. The molecule has 20 heavy (non-hydrogen) atoms. The molecule has 6 heteroatoms. The van der Waals surface area contributed by atoms with Gasteiger partial charge >= 0.3 is 12.0 Å². The summed E-state index contributed by atoms with van der Waals surface area (Å²) in [5.74, 6) is -0.816. The number of hydrogen-bond acceptors (Lipinski definition) is 3. The number of amides is 2. The number of carboxylic acids is 1. The van der Waals surface area contributed by atoms with Gasteiger partial charge in [0.1, 0.15) is 0 Å². The lowest BCUT2D eigenvalue weighted by molar-refractivity contribution is -0.150. The van der Waals surface area contributed by atoms with Gasteiger partial charge in [0.25, 0.3) is 0 Å². The number of likely N-dealkylation sites (tertiary alicyclic amines) is 1. The predicted octanol–water partition coefficient (Wildman–Crippen LogP) is 1.55. The second kappa shape index (κ2) is 6.92. The molecule has 0 bridgehead atoms. The standard InChI is InChI=1S/C14H26N2O4/c1-5-20-8-11(4)15-13(19)16-7-6-14(9-16,10(2)3)12(17)18/h10-11H,5-9H2,1-4H3,(H,15,19)(H,17,18). The van der Waals surface area contributed by atoms with E-state index in [0.717, 1.165) is 0 Å². The van der Waals surface area contributed by atoms with Crippen LogP contribution in [-0.2, 0) is 9.53 Å². The lowest BCUT2D eigenvalue weighted by Gasteiger charge is -2.29. The van der Waals surface area contributed by atoms with E-state index in [1.807, 2.05) is 27.7 Å². The normalized spacial score (nSPS) is 23.9. The highest BCUT2D eigenvalue weighted by molar-refractivity contribution is 5.80. The van der Waals surface area contributed by atoms with Crippen LogP contribution in [0.15, 0.2) is 0 Å². The minimum absolute atomic E-state index is 0.00125. The fourth-order valence-corrected chi connectivity index (χ4v) is 2.54. The van der Waals surface area contributed by atoms with Crippen LogP contribution in [0.4, 0.5) is 4.79 Å². The van der Waals surface area contributed by atoms with Crippen molar-refractivity contribution >= 4 is 12.0 Å². The zero-order valence-electron chi connectivity index (χ0n) is 12.8. The maximum Gasteiger partial charge on any atom is 0.317 e. The smallest absolute Gasteiger partial charge is 0.317 e. The lowest BCUT2D eigenvalue weighted by atomic mass is 9.76. The molecule has 0 saturated carbocycles. The van der Waals surface area contributed by atoms with E-state index in [9.17, 15) is 14.7 Å². The summed E-state index contributed by atoms with van der Waals surface area (Å²) in [7, 11) is 0. The van der Waals surface area contributed by atoms with Crippen LogP contribution in [-0.4, -0.2) is 54.4 Å². The van der Waals surface area contributed by atoms with Gasteiger partial charge in [-0.2, -0.15) is 0 Å². The number of urea groups is 1. The van der Waals surface area contributed by atoms with Gasteiger partial charge in [-0.15, -0.1) is 0 Å². The van der Waals surface area contributed by atoms with Crippen molar-refractivity contribution in [2.45, 2.75) is 40.2 Å². The first-order valence-corrected chi connectivity index (χ1v) is 7.20. The van der Waals surface area contributed by atoms with Gasteiger partial charge in [0.2, 0.25) is 0 Å². The Labute approximate surface area is 120 Å². The third-order valence-electron chi connectivity index (χ3n) is 4.06. The van der Waals surface area contributed by atoms with E-state index >= 15 is 0 Å². The molecule has 0 aromatic heterocycles. The molecule has 1 rings (SSSR count). The van der Waals surface area contributed by atoms with Crippen LogP contribution >= 0.6 is 0 Å². The fourth-order valence-electron chi connectivity index (χ4n) is 2.54. The SMILES string of the molecule is CCOCC(C)NC(=O)N1CCC(C(=O)O)(C(C)C)C1. The number of carbonyl (C=O) groups is 2. The number of rotatable bonds is 6. The molecule has 0 aliphatic carbocycles. The van der Waals surface area contributed by atoms with Gasteiger partial charge in [-0.25, -0.2) is 4.79 Å². The number of nitrogens with zero attached hydrogens (tertiary/aromatic N) is 1. The van der Waals surface area contributed by atoms with Gasteiger partial charge in [0.15, 0.2) is 0 Å². The Morgan fingerprint density at radius 2 is 2.05 bits per heavy atom. The Bertz CT molecular complexity index is 359. The topological polar surface area (TPSA) is 78.9 Å². The highest BCUT2D eigenvalue weighted by Crippen LogP contribution is 2.38. The number of carboxylic acid groups (broad SMARTS) is 1. The molecule has 116 valence electrons. The zero-order chi connectivity index (χ0) is 15.3. The maximum absolute atomic E-state index is 12.1. The summed E-state index contributed by atoms with van der Waals surface area (Å²) >= 11 is 0. The molecule has 1 aliphatic heterocycles. The van der Waals surface area contributed by atoms with Crippen LogP contribution in [0.2, 0.25) is 0 Å². The van der Waals surface area contributed by atoms with E-state index in [1.54, 1.807) is 4.90 Å². The summed E-state index contributed by atoms with van der Waals surface area (Å²) in [5.41, 5.74) is -0.819. The molecule has 6 nitrogen and oxygen atoms in total. The lowest BCUT2D eigenvalue weighted by Crippen LogP contribution is -2.47. The average molecular weight is 286 g/mol. The molecule has 0 radical (unpaired) electrons. The highest BCUT2D eigenvalue weighted by Gasteiger charge is 2.48. The second-order valence-electron chi connectivity index (χ2n) is 5.80. The molecule has 2 unspecified atom stereocenters. The van der Waals surface area contributed by atoms with Gasteiger partial charge in [0.05, 0.1) is 18.1 Å². The molecule has 0 aromatic rings. The van der Waals surface area contributed by atoms with Crippen LogP contribution in [0.3, 0.4) is 0 Å². The number of nitrogens with one attached hydrogen (secondary N) is 1. The monoisotopic (exact) mass is 286 g/mol. The van der Waals surface area contributed by atoms with Crippen LogP contribution in [0.25, 0.3) is 0 Å². The van der Waals surface area contributed by atoms with E-state index in [-0.39, 0.29) is 24.5 Å². The van der Waals surface area contributed by atoms with Crippen molar-refractivity contribution < 1.29 is 19.4 Å². The van der Waals surface area contributed by atoms with Crippen LogP contribution < -0.4 is 5.32 Å². The van der Waals surface area contributed by atoms with Crippen LogP contribution in [0.5, 0.6) is 0 Å². The van der Waals surface area contributed by atoms with E-state index < -0.39 is 11.4 Å². The molecule has 1 saturated heterocycles. The van der Waals surface area contributed by atoms with Gasteiger partial charge in [-0.05, 0) is 26.2 Å². The first kappa shape index (κ1) is 16.8. The third-order valence-corrected chi connectivity index (χ3v) is 4.06. The molecular formula is C14H26N2O4. The molecule has 2 atom stereocenters. The summed E-state index contributed by atoms with van der Waals surface area (Å²) in [6.45, 7) is 9.39. The quantitative estimate of drug-likeness (QED) is 0.776. The fraction of sp³-hybridized carbons (Fsp3) is 0.857. The van der Waals surface area contributed by atoms with Gasteiger partial charge in [-0.3, -0.25) is 4.79 Å². The Hall–Kier alpha value is -1.30. The van der Waals surface area contributed by atoms with Crippen LogP contribution in [0.1, 0.15) is 34.1 Å². The first-order chi connectivity index (χ1) is 9.33. The summed E-state index contributed by atoms with van der Waals surface area (Å²) in [6, 6.07) is -0.290. The average Bonchev–Trinajstić information content (AvgIpc) is 2.82. The van der Waals surface area contributed by atoms with Gasteiger partial charge in [0, 0.05) is 19.7 Å². The van der Waals surface area contributed by atoms with Crippen molar-refractivity contribution in [3.8, 4) is 0 Å². The summed E-state index contributed by atoms with van der Waals surface area (Å²) in [4.78, 5) is 25.2. The molecule has 1 aliphatic rings. The summed E-state index contributed by atoms with van der Waals surface area (Å²) < 4.78 is 5.25. The van der Waals surface area contributed by atoms with Crippen molar-refractivity contribution in [1.82, 2.24) is 10.2 Å². The van der Waals surface area contributed by atoms with Crippen molar-refractivity contribution in [1.29, 1.82) is 0 Å². The minimum atomic E-state index is -0.819. The third kappa shape index (κ3) is 3.62. The van der Waals surface area contributed by atoms with E-state index in [4.69, 9.17) is 4.74 Å². The van der Waals surface area contributed by atoms with Crippen LogP contribution in [0, 0.1) is 11.3 Å². The van der Waals surface area contributed by atoms with Gasteiger partial charge in [-0.1, -0.05) is 13.8 Å². The zero-order valence-corrected chi connectivity index (χ0v) is 12.8. The first-order valence-electron chi connectivity index (χ1n) is 7.20. The largest absolute Gasteiger partial charge is 0.481 e. The van der Waals surface area contributed by atoms with E-state index in [0.29, 0.717) is 26.2 Å². The minimum Gasteiger partial charge on any atom is -0.481 e. The van der Waals surface area contributed by atoms with Crippen molar-refractivity contribution in [2.75, 3.05) is 26.3 Å². The molecule has 1 heterocycles. The second-order valence-corrected chi connectivity index (χ2v) is 5.80. The van der Waals surface area contributed by atoms with Crippen molar-refractivity contribution in [2.24, 2.45) is 11.3 Å². The maximum atomic E-state index is 12.1. The molecule has 2 amide bonds. The number of carbonyl (C=O) groups excluding carboxylic acids is 1. The predicted molar refractivity (Wildman–Crippen MR) is 75.6 cm³/mol. The molecule has 2 N–H and O–H groups in total. The highest BCUT2D eigenvalue weighted by atomic mass is 16.5. The Balaban J connectivity index is 2.58. The molecule has 1 fully saturated rings. The van der Waals surface area contributed by atoms with Gasteiger partial charge < -0.3 is 20.1 Å². The van der Waals surface area contributed by atoms with E-state index in [2.05, 4.69) is 5.32 Å². The Morgan fingerprint density at radius 3 is 2.50 bits per heavy atom. The van der Waals surface area contributed by atoms with Crippen molar-refractivity contribution in [3.63, 3.8) is 0 Å². The summed E-state index contributed by atoms with van der Waals surface area (Å²) in [6.07, 6.45) is 0.507. The summed E-state index contributed by atoms with van der Waals surface area (Å²) in [5, 5.41) is 12.3. The van der Waals surface area contributed by atoms with Crippen molar-refractivity contribution in [3.05, 3.63) is 0 Å². The molecule has 0 spiro atoms. The van der Waals surface area contributed by atoms with E-state index in [1.165, 1.54) is 0 Å². The Kier molecular flexibility index (Phi) is 5.80. The molecular weight excluding hydrogens is 260 g/mol. The number of hydrogen-bond donors (Lipinski definition) is 2. The number of ether oxygens (including phenoxy) is 1.